The van der Waals surface area contributed by atoms with Crippen molar-refractivity contribution in [2.75, 3.05) is 19.7 Å². The first-order valence-electron chi connectivity index (χ1n) is 6.53. The number of rotatable bonds is 10. The lowest BCUT2D eigenvalue weighted by molar-refractivity contribution is -0.138. The second kappa shape index (κ2) is 12.1. The molecule has 0 aliphatic rings. The van der Waals surface area contributed by atoms with Crippen LogP contribution in [-0.2, 0) is 9.53 Å². The summed E-state index contributed by atoms with van der Waals surface area (Å²) < 4.78 is 4.95. The van der Waals surface area contributed by atoms with Gasteiger partial charge in [0.15, 0.2) is 0 Å². The molecule has 3 nitrogen and oxygen atoms in total. The minimum atomic E-state index is -0.322. The van der Waals surface area contributed by atoms with Crippen LogP contribution in [-0.4, -0.2) is 25.7 Å². The molecule has 0 amide bonds. The van der Waals surface area contributed by atoms with E-state index < -0.39 is 0 Å². The van der Waals surface area contributed by atoms with Crippen molar-refractivity contribution in [2.24, 2.45) is 0 Å². The third-order valence-electron chi connectivity index (χ3n) is 2.19. The fraction of sp³-hybridized carbons (Fsp3) is 0.533. The normalized spacial score (nSPS) is 11.2. The lowest BCUT2D eigenvalue weighted by atomic mass is 10.3. The number of allylic oxidation sites excluding steroid dienone is 3. The van der Waals surface area contributed by atoms with E-state index in [9.17, 15) is 4.79 Å². The maximum Gasteiger partial charge on any atom is 0.333 e. The Balaban J connectivity index is 3.31. The van der Waals surface area contributed by atoms with Crippen molar-refractivity contribution in [2.45, 2.75) is 33.1 Å². The maximum absolute atomic E-state index is 11.0. The molecule has 0 aliphatic heterocycles. The zero-order valence-electron chi connectivity index (χ0n) is 11.6. The molecule has 0 saturated heterocycles. The van der Waals surface area contributed by atoms with Gasteiger partial charge in [-0.25, -0.2) is 4.79 Å². The van der Waals surface area contributed by atoms with Crippen molar-refractivity contribution in [3.8, 4) is 0 Å². The second-order valence-corrected chi connectivity index (χ2v) is 4.10. The molecule has 0 unspecified atom stereocenters. The van der Waals surface area contributed by atoms with E-state index >= 15 is 0 Å². The average Bonchev–Trinajstić information content (AvgIpc) is 2.35. The number of carbonyl (C=O) groups excluding carboxylic acids is 1. The van der Waals surface area contributed by atoms with Gasteiger partial charge in [0.1, 0.15) is 6.61 Å². The zero-order chi connectivity index (χ0) is 13.6. The number of esters is 1. The molecule has 18 heavy (non-hydrogen) atoms. The van der Waals surface area contributed by atoms with Crippen LogP contribution in [0.25, 0.3) is 0 Å². The lowest BCUT2D eigenvalue weighted by Gasteiger charge is -2.04. The molecule has 1 N–H and O–H groups in total. The second-order valence-electron chi connectivity index (χ2n) is 4.10. The van der Waals surface area contributed by atoms with Crippen LogP contribution in [0.2, 0.25) is 0 Å². The number of carbonyl (C=O) groups is 1. The summed E-state index contributed by atoms with van der Waals surface area (Å²) in [6, 6.07) is 0. The Morgan fingerprint density at radius 1 is 1.22 bits per heavy atom. The molecule has 0 fully saturated rings. The number of nitrogens with one attached hydrogen (secondary N) is 1. The summed E-state index contributed by atoms with van der Waals surface area (Å²) in [6.07, 6.45) is 11.7. The molecule has 0 bridgehead atoms. The van der Waals surface area contributed by atoms with E-state index in [0.717, 1.165) is 19.4 Å². The predicted molar refractivity (Wildman–Crippen MR) is 76.4 cm³/mol. The van der Waals surface area contributed by atoms with Gasteiger partial charge in [0.25, 0.3) is 0 Å². The Morgan fingerprint density at radius 2 is 1.89 bits per heavy atom. The Labute approximate surface area is 111 Å². The van der Waals surface area contributed by atoms with Crippen LogP contribution < -0.4 is 5.32 Å². The van der Waals surface area contributed by atoms with E-state index in [2.05, 4.69) is 43.1 Å². The van der Waals surface area contributed by atoms with Crippen LogP contribution in [0.1, 0.15) is 33.1 Å². The van der Waals surface area contributed by atoms with E-state index in [1.165, 1.54) is 6.42 Å². The quantitative estimate of drug-likeness (QED) is 0.281. The number of hydrogen-bond acceptors (Lipinski definition) is 3. The van der Waals surface area contributed by atoms with Gasteiger partial charge < -0.3 is 10.1 Å². The first kappa shape index (κ1) is 16.6. The molecule has 0 aliphatic carbocycles. The average molecular weight is 251 g/mol. The molecule has 0 rings (SSSR count). The lowest BCUT2D eigenvalue weighted by Crippen LogP contribution is -2.22. The largest absolute Gasteiger partial charge is 0.461 e. The Morgan fingerprint density at radius 3 is 2.50 bits per heavy atom. The molecule has 0 spiro atoms. The zero-order valence-corrected chi connectivity index (χ0v) is 11.6. The highest BCUT2D eigenvalue weighted by Crippen LogP contribution is 1.91. The topological polar surface area (TPSA) is 38.3 Å². The van der Waals surface area contributed by atoms with E-state index in [1.54, 1.807) is 6.92 Å². The highest BCUT2D eigenvalue weighted by molar-refractivity contribution is 5.86. The molecular formula is C15H25NO2. The number of unbranched alkanes of at least 4 members (excludes halogenated alkanes) is 1. The molecular weight excluding hydrogens is 226 g/mol. The van der Waals surface area contributed by atoms with Gasteiger partial charge in [0.05, 0.1) is 0 Å². The van der Waals surface area contributed by atoms with Crippen molar-refractivity contribution in [3.05, 3.63) is 36.5 Å². The molecule has 0 aromatic carbocycles. The van der Waals surface area contributed by atoms with Crippen LogP contribution in [0, 0.1) is 0 Å². The van der Waals surface area contributed by atoms with Crippen molar-refractivity contribution in [1.29, 1.82) is 0 Å². The minimum Gasteiger partial charge on any atom is -0.461 e. The predicted octanol–water partition coefficient (Wildman–Crippen LogP) is 3.00. The maximum atomic E-state index is 11.0. The summed E-state index contributed by atoms with van der Waals surface area (Å²) in [6.45, 7) is 9.29. The third-order valence-corrected chi connectivity index (χ3v) is 2.19. The van der Waals surface area contributed by atoms with Gasteiger partial charge in [0.2, 0.25) is 0 Å². The minimum absolute atomic E-state index is 0.322. The van der Waals surface area contributed by atoms with Gasteiger partial charge in [-0.3, -0.25) is 0 Å². The van der Waals surface area contributed by atoms with Gasteiger partial charge in [0, 0.05) is 12.1 Å². The standard InChI is InChI=1S/C15H25NO2/c1-4-5-6-7-8-9-10-11-16-12-13-18-15(17)14(2)3/h6-9,16H,2,4-5,10-13H2,1,3H3. The molecule has 0 radical (unpaired) electrons. The summed E-state index contributed by atoms with van der Waals surface area (Å²) in [7, 11) is 0. The van der Waals surface area contributed by atoms with Crippen LogP contribution in [0.5, 0.6) is 0 Å². The van der Waals surface area contributed by atoms with Crippen molar-refractivity contribution >= 4 is 5.97 Å². The van der Waals surface area contributed by atoms with Crippen LogP contribution in [0.4, 0.5) is 0 Å². The van der Waals surface area contributed by atoms with Crippen LogP contribution in [0.15, 0.2) is 36.5 Å². The summed E-state index contributed by atoms with van der Waals surface area (Å²) in [5.74, 6) is -0.322. The van der Waals surface area contributed by atoms with E-state index in [4.69, 9.17) is 4.74 Å². The van der Waals surface area contributed by atoms with Gasteiger partial charge in [-0.1, -0.05) is 44.2 Å². The first-order chi connectivity index (χ1) is 8.68. The highest BCUT2D eigenvalue weighted by Gasteiger charge is 2.00. The monoisotopic (exact) mass is 251 g/mol. The molecule has 0 aromatic heterocycles. The Hall–Kier alpha value is -1.35. The number of hydrogen-bond donors (Lipinski definition) is 1. The summed E-state index contributed by atoms with van der Waals surface area (Å²) >= 11 is 0. The first-order valence-corrected chi connectivity index (χ1v) is 6.53. The highest BCUT2D eigenvalue weighted by atomic mass is 16.5. The van der Waals surface area contributed by atoms with Gasteiger partial charge >= 0.3 is 5.97 Å². The van der Waals surface area contributed by atoms with Gasteiger partial charge in [-0.05, 0) is 26.3 Å². The number of ether oxygens (including phenoxy) is 1. The fourth-order valence-corrected chi connectivity index (χ4v) is 1.17. The SMILES string of the molecule is C=C(C)C(=O)OCCNCCC=CC=CCCC. The fourth-order valence-electron chi connectivity index (χ4n) is 1.17. The molecule has 102 valence electrons. The molecule has 0 atom stereocenters. The summed E-state index contributed by atoms with van der Waals surface area (Å²) in [5.41, 5.74) is 0.441. The van der Waals surface area contributed by atoms with Gasteiger partial charge in [-0.2, -0.15) is 0 Å². The Bertz CT molecular complexity index is 293. The van der Waals surface area contributed by atoms with Crippen molar-refractivity contribution in [3.63, 3.8) is 0 Å². The van der Waals surface area contributed by atoms with E-state index in [1.807, 2.05) is 0 Å². The molecule has 0 aromatic rings. The van der Waals surface area contributed by atoms with Crippen LogP contribution >= 0.6 is 0 Å². The smallest absolute Gasteiger partial charge is 0.333 e. The van der Waals surface area contributed by atoms with Crippen LogP contribution in [0.3, 0.4) is 0 Å². The Kier molecular flexibility index (Phi) is 11.2. The molecule has 0 heterocycles. The third kappa shape index (κ3) is 11.1. The van der Waals surface area contributed by atoms with Crippen molar-refractivity contribution in [1.82, 2.24) is 5.32 Å². The van der Waals surface area contributed by atoms with E-state index in [-0.39, 0.29) is 5.97 Å². The molecule has 0 saturated carbocycles. The van der Waals surface area contributed by atoms with Crippen molar-refractivity contribution < 1.29 is 9.53 Å². The molecule has 3 heteroatoms. The summed E-state index contributed by atoms with van der Waals surface area (Å²) in [4.78, 5) is 11.0. The van der Waals surface area contributed by atoms with E-state index in [0.29, 0.717) is 18.7 Å². The summed E-state index contributed by atoms with van der Waals surface area (Å²) in [5, 5.41) is 3.20. The van der Waals surface area contributed by atoms with Gasteiger partial charge in [-0.15, -0.1) is 0 Å².